The molecule has 0 bridgehead atoms. The summed E-state index contributed by atoms with van der Waals surface area (Å²) in [6.07, 6.45) is 5.52. The highest BCUT2D eigenvalue weighted by molar-refractivity contribution is 5.56. The summed E-state index contributed by atoms with van der Waals surface area (Å²) < 4.78 is 0. The predicted octanol–water partition coefficient (Wildman–Crippen LogP) is 3.90. The number of nitrogens with zero attached hydrogens (tertiary/aromatic N) is 1. The molecule has 100 valence electrons. The van der Waals surface area contributed by atoms with Crippen LogP contribution in [0, 0.1) is 0 Å². The molecule has 1 saturated carbocycles. The summed E-state index contributed by atoms with van der Waals surface area (Å²) in [5.41, 5.74) is 2.35. The molecule has 2 heteroatoms. The lowest BCUT2D eigenvalue weighted by molar-refractivity contribution is 0.174. The molecule has 1 aliphatic rings. The van der Waals surface area contributed by atoms with Crippen LogP contribution in [0.2, 0.25) is 0 Å². The van der Waals surface area contributed by atoms with E-state index in [1.807, 2.05) is 13.0 Å². The van der Waals surface area contributed by atoms with Crippen LogP contribution in [-0.2, 0) is 0 Å². The smallest absolute Gasteiger partial charge is 0.0807 e. The van der Waals surface area contributed by atoms with Gasteiger partial charge in [0.25, 0.3) is 0 Å². The van der Waals surface area contributed by atoms with Crippen molar-refractivity contribution in [1.29, 1.82) is 0 Å². The van der Waals surface area contributed by atoms with Gasteiger partial charge in [-0.15, -0.1) is 0 Å². The lowest BCUT2D eigenvalue weighted by Crippen LogP contribution is -2.28. The van der Waals surface area contributed by atoms with Crippen molar-refractivity contribution in [3.05, 3.63) is 29.8 Å². The van der Waals surface area contributed by atoms with Gasteiger partial charge >= 0.3 is 0 Å². The highest BCUT2D eigenvalue weighted by Crippen LogP contribution is 2.36. The molecule has 0 spiro atoms. The van der Waals surface area contributed by atoms with Crippen molar-refractivity contribution >= 4 is 5.69 Å². The van der Waals surface area contributed by atoms with Gasteiger partial charge in [-0.25, -0.2) is 0 Å². The van der Waals surface area contributed by atoms with Gasteiger partial charge in [-0.3, -0.25) is 0 Å². The molecule has 2 nitrogen and oxygen atoms in total. The minimum absolute atomic E-state index is 0.330. The molecule has 0 amide bonds. The highest BCUT2D eigenvalue weighted by Gasteiger charge is 2.30. The lowest BCUT2D eigenvalue weighted by Gasteiger charge is -2.28. The summed E-state index contributed by atoms with van der Waals surface area (Å²) in [6.45, 7) is 5.39. The summed E-state index contributed by atoms with van der Waals surface area (Å²) in [4.78, 5) is 2.51. The summed E-state index contributed by atoms with van der Waals surface area (Å²) in [6, 6.07) is 9.07. The highest BCUT2D eigenvalue weighted by atomic mass is 16.3. The Labute approximate surface area is 111 Å². The van der Waals surface area contributed by atoms with Crippen LogP contribution < -0.4 is 4.90 Å². The Kier molecular flexibility index (Phi) is 4.65. The number of rotatable bonds is 7. The van der Waals surface area contributed by atoms with Crippen molar-refractivity contribution in [3.8, 4) is 0 Å². The average Bonchev–Trinajstić information content (AvgIpc) is 3.23. The Hall–Kier alpha value is -1.02. The first-order chi connectivity index (χ1) is 8.77. The minimum atomic E-state index is -0.330. The van der Waals surface area contributed by atoms with Crippen molar-refractivity contribution in [2.45, 2.75) is 58.1 Å². The van der Waals surface area contributed by atoms with Gasteiger partial charge in [-0.05, 0) is 31.7 Å². The molecule has 0 heterocycles. The van der Waals surface area contributed by atoms with E-state index >= 15 is 0 Å². The van der Waals surface area contributed by atoms with E-state index in [-0.39, 0.29) is 6.10 Å². The average molecular weight is 247 g/mol. The Balaban J connectivity index is 2.22. The van der Waals surface area contributed by atoms with Crippen LogP contribution in [0.4, 0.5) is 5.69 Å². The normalized spacial score (nSPS) is 16.6. The summed E-state index contributed by atoms with van der Waals surface area (Å²) in [5.74, 6) is 0. The zero-order valence-corrected chi connectivity index (χ0v) is 11.6. The van der Waals surface area contributed by atoms with E-state index in [4.69, 9.17) is 0 Å². The second-order valence-corrected chi connectivity index (χ2v) is 5.26. The summed E-state index contributed by atoms with van der Waals surface area (Å²) in [5, 5.41) is 10.2. The number of hydrogen-bond acceptors (Lipinski definition) is 2. The van der Waals surface area contributed by atoms with Crippen molar-refractivity contribution in [2.24, 2.45) is 0 Å². The topological polar surface area (TPSA) is 23.5 Å². The molecule has 1 aromatic rings. The standard InChI is InChI=1S/C16H25NO/c1-3-5-12-17(13-10-11-13)15-9-7-6-8-14(15)16(18)4-2/h6-9,13,16,18H,3-5,10-12H2,1-2H3/t16-/m1/s1. The van der Waals surface area contributed by atoms with Gasteiger partial charge in [-0.1, -0.05) is 38.5 Å². The maximum atomic E-state index is 10.2. The van der Waals surface area contributed by atoms with Gasteiger partial charge in [-0.2, -0.15) is 0 Å². The number of para-hydroxylation sites is 1. The van der Waals surface area contributed by atoms with E-state index in [0.717, 1.165) is 18.5 Å². The first-order valence-electron chi connectivity index (χ1n) is 7.31. The molecule has 0 radical (unpaired) electrons. The zero-order valence-electron chi connectivity index (χ0n) is 11.6. The number of aliphatic hydroxyl groups excluding tert-OH is 1. The van der Waals surface area contributed by atoms with Gasteiger partial charge in [0.2, 0.25) is 0 Å². The fourth-order valence-electron chi connectivity index (χ4n) is 2.47. The molecular formula is C16H25NO. The molecule has 1 atom stereocenters. The largest absolute Gasteiger partial charge is 0.388 e. The summed E-state index contributed by atoms with van der Waals surface area (Å²) in [7, 11) is 0. The number of anilines is 1. The van der Waals surface area contributed by atoms with Crippen LogP contribution in [-0.4, -0.2) is 17.7 Å². The monoisotopic (exact) mass is 247 g/mol. The Morgan fingerprint density at radius 3 is 2.61 bits per heavy atom. The Morgan fingerprint density at radius 2 is 2.00 bits per heavy atom. The van der Waals surface area contributed by atoms with Crippen LogP contribution in [0.5, 0.6) is 0 Å². The van der Waals surface area contributed by atoms with Gasteiger partial charge in [0.1, 0.15) is 0 Å². The molecule has 1 aliphatic carbocycles. The van der Waals surface area contributed by atoms with E-state index in [0.29, 0.717) is 6.04 Å². The van der Waals surface area contributed by atoms with E-state index < -0.39 is 0 Å². The molecule has 0 aliphatic heterocycles. The van der Waals surface area contributed by atoms with E-state index in [2.05, 4.69) is 30.0 Å². The molecule has 1 N–H and O–H groups in total. The zero-order chi connectivity index (χ0) is 13.0. The Bertz CT molecular complexity index is 373. The first-order valence-corrected chi connectivity index (χ1v) is 7.31. The number of unbranched alkanes of at least 4 members (excludes halogenated alkanes) is 1. The molecule has 1 fully saturated rings. The van der Waals surface area contributed by atoms with Gasteiger partial charge in [0, 0.05) is 23.8 Å². The second kappa shape index (κ2) is 6.24. The fraction of sp³-hybridized carbons (Fsp3) is 0.625. The minimum Gasteiger partial charge on any atom is -0.388 e. The van der Waals surface area contributed by atoms with E-state index in [1.165, 1.54) is 31.4 Å². The predicted molar refractivity (Wildman–Crippen MR) is 77.0 cm³/mol. The van der Waals surface area contributed by atoms with Crippen molar-refractivity contribution in [1.82, 2.24) is 0 Å². The second-order valence-electron chi connectivity index (χ2n) is 5.26. The first kappa shape index (κ1) is 13.4. The van der Waals surface area contributed by atoms with Crippen LogP contribution in [0.3, 0.4) is 0 Å². The van der Waals surface area contributed by atoms with Crippen LogP contribution in [0.15, 0.2) is 24.3 Å². The van der Waals surface area contributed by atoms with Crippen molar-refractivity contribution < 1.29 is 5.11 Å². The molecular weight excluding hydrogens is 222 g/mol. The quantitative estimate of drug-likeness (QED) is 0.790. The number of aliphatic hydroxyl groups is 1. The third-order valence-electron chi connectivity index (χ3n) is 3.73. The molecule has 0 unspecified atom stereocenters. The van der Waals surface area contributed by atoms with Gasteiger partial charge < -0.3 is 10.0 Å². The lowest BCUT2D eigenvalue weighted by atomic mass is 10.0. The molecule has 2 rings (SSSR count). The van der Waals surface area contributed by atoms with E-state index in [9.17, 15) is 5.11 Å². The summed E-state index contributed by atoms with van der Waals surface area (Å²) >= 11 is 0. The van der Waals surface area contributed by atoms with Crippen molar-refractivity contribution in [2.75, 3.05) is 11.4 Å². The van der Waals surface area contributed by atoms with E-state index in [1.54, 1.807) is 0 Å². The number of hydrogen-bond donors (Lipinski definition) is 1. The van der Waals surface area contributed by atoms with Crippen molar-refractivity contribution in [3.63, 3.8) is 0 Å². The molecule has 0 aromatic heterocycles. The molecule has 0 saturated heterocycles. The van der Waals surface area contributed by atoms with Crippen LogP contribution >= 0.6 is 0 Å². The van der Waals surface area contributed by atoms with Crippen LogP contribution in [0.25, 0.3) is 0 Å². The SMILES string of the molecule is CCCCN(c1ccccc1[C@H](O)CC)C1CC1. The Morgan fingerprint density at radius 1 is 1.28 bits per heavy atom. The third kappa shape index (κ3) is 3.05. The fourth-order valence-corrected chi connectivity index (χ4v) is 2.47. The molecule has 18 heavy (non-hydrogen) atoms. The maximum absolute atomic E-state index is 10.2. The van der Waals surface area contributed by atoms with Gasteiger partial charge in [0.05, 0.1) is 6.10 Å². The molecule has 1 aromatic carbocycles. The van der Waals surface area contributed by atoms with Crippen LogP contribution in [0.1, 0.15) is 57.6 Å². The third-order valence-corrected chi connectivity index (χ3v) is 3.73. The van der Waals surface area contributed by atoms with Gasteiger partial charge in [0.15, 0.2) is 0 Å². The number of benzene rings is 1. The maximum Gasteiger partial charge on any atom is 0.0807 e.